The number of rotatable bonds is 3. The van der Waals surface area contributed by atoms with Crippen molar-refractivity contribution >= 4 is 33.7 Å². The van der Waals surface area contributed by atoms with Gasteiger partial charge in [0.15, 0.2) is 0 Å². The summed E-state index contributed by atoms with van der Waals surface area (Å²) < 4.78 is 5.55. The second kappa shape index (κ2) is 5.51. The first-order chi connectivity index (χ1) is 11.2. The number of benzene rings is 1. The van der Waals surface area contributed by atoms with E-state index < -0.39 is 5.97 Å². The highest BCUT2D eigenvalue weighted by atomic mass is 16.5. The third kappa shape index (κ3) is 2.49. The predicted octanol–water partition coefficient (Wildman–Crippen LogP) is 1.79. The van der Waals surface area contributed by atoms with Crippen molar-refractivity contribution in [2.45, 2.75) is 12.5 Å². The molecule has 1 atom stereocenters. The van der Waals surface area contributed by atoms with E-state index in [1.807, 2.05) is 24.3 Å². The third-order valence-corrected chi connectivity index (χ3v) is 4.12. The van der Waals surface area contributed by atoms with Gasteiger partial charge >= 0.3 is 5.97 Å². The standard InChI is InChI=1S/C16H16N4O3/c21-13(22)7-10-8-20(5-6-23-10)16-14-11-3-1-2-4-12(11)19-15(14)17-9-18-16/h1-4,9-10H,5-8H2,(H,21,22)(H,17,18,19). The third-order valence-electron chi connectivity index (χ3n) is 4.12. The minimum Gasteiger partial charge on any atom is -0.481 e. The topological polar surface area (TPSA) is 91.3 Å². The van der Waals surface area contributed by atoms with Crippen LogP contribution in [0.3, 0.4) is 0 Å². The van der Waals surface area contributed by atoms with Crippen molar-refractivity contribution in [1.82, 2.24) is 15.0 Å². The molecular weight excluding hydrogens is 296 g/mol. The summed E-state index contributed by atoms with van der Waals surface area (Å²) in [6.45, 7) is 1.69. The molecule has 7 nitrogen and oxygen atoms in total. The van der Waals surface area contributed by atoms with E-state index in [1.54, 1.807) is 0 Å². The van der Waals surface area contributed by atoms with E-state index >= 15 is 0 Å². The number of para-hydroxylation sites is 1. The molecule has 1 aliphatic rings. The Hall–Kier alpha value is -2.67. The van der Waals surface area contributed by atoms with Crippen molar-refractivity contribution in [2.24, 2.45) is 0 Å². The van der Waals surface area contributed by atoms with E-state index in [1.165, 1.54) is 6.33 Å². The van der Waals surface area contributed by atoms with E-state index in [9.17, 15) is 4.79 Å². The Kier molecular flexibility index (Phi) is 3.34. The highest BCUT2D eigenvalue weighted by Crippen LogP contribution is 2.31. The molecule has 4 rings (SSSR count). The summed E-state index contributed by atoms with van der Waals surface area (Å²) in [7, 11) is 0. The Morgan fingerprint density at radius 3 is 3.13 bits per heavy atom. The van der Waals surface area contributed by atoms with Crippen LogP contribution in [0, 0.1) is 0 Å². The first-order valence-corrected chi connectivity index (χ1v) is 7.52. The monoisotopic (exact) mass is 312 g/mol. The van der Waals surface area contributed by atoms with Gasteiger partial charge in [-0.2, -0.15) is 0 Å². The van der Waals surface area contributed by atoms with Crippen LogP contribution in [-0.2, 0) is 9.53 Å². The number of nitrogens with zero attached hydrogens (tertiary/aromatic N) is 3. The molecule has 0 saturated carbocycles. The van der Waals surface area contributed by atoms with Crippen LogP contribution < -0.4 is 4.90 Å². The van der Waals surface area contributed by atoms with Crippen molar-refractivity contribution in [2.75, 3.05) is 24.6 Å². The lowest BCUT2D eigenvalue weighted by Gasteiger charge is -2.33. The lowest BCUT2D eigenvalue weighted by Crippen LogP contribution is -2.43. The van der Waals surface area contributed by atoms with Gasteiger partial charge < -0.3 is 19.7 Å². The molecule has 23 heavy (non-hydrogen) atoms. The van der Waals surface area contributed by atoms with Crippen LogP contribution in [0.25, 0.3) is 21.9 Å². The number of H-pyrrole nitrogens is 1. The normalized spacial score (nSPS) is 18.6. The average molecular weight is 312 g/mol. The molecule has 0 radical (unpaired) electrons. The number of carbonyl (C=O) groups is 1. The molecule has 1 aromatic carbocycles. The molecule has 1 aliphatic heterocycles. The number of carboxylic acid groups (broad SMARTS) is 1. The summed E-state index contributed by atoms with van der Waals surface area (Å²) in [6, 6.07) is 8.00. The maximum absolute atomic E-state index is 10.9. The molecule has 2 aromatic heterocycles. The predicted molar refractivity (Wildman–Crippen MR) is 85.6 cm³/mol. The van der Waals surface area contributed by atoms with Crippen LogP contribution >= 0.6 is 0 Å². The second-order valence-electron chi connectivity index (χ2n) is 5.63. The van der Waals surface area contributed by atoms with E-state index in [4.69, 9.17) is 9.84 Å². The van der Waals surface area contributed by atoms with Gasteiger partial charge in [0.1, 0.15) is 17.8 Å². The van der Waals surface area contributed by atoms with Gasteiger partial charge in [0.2, 0.25) is 0 Å². The minimum absolute atomic E-state index is 0.00138. The number of anilines is 1. The van der Waals surface area contributed by atoms with Crippen LogP contribution in [0.2, 0.25) is 0 Å². The minimum atomic E-state index is -0.850. The maximum Gasteiger partial charge on any atom is 0.306 e. The first-order valence-electron chi connectivity index (χ1n) is 7.52. The zero-order valence-electron chi connectivity index (χ0n) is 12.4. The molecule has 1 saturated heterocycles. The Morgan fingerprint density at radius 1 is 1.39 bits per heavy atom. The largest absolute Gasteiger partial charge is 0.481 e. The Labute approximate surface area is 131 Å². The number of ether oxygens (including phenoxy) is 1. The van der Waals surface area contributed by atoms with Crippen LogP contribution in [0.15, 0.2) is 30.6 Å². The van der Waals surface area contributed by atoms with E-state index in [2.05, 4.69) is 19.9 Å². The van der Waals surface area contributed by atoms with Crippen LogP contribution in [0.4, 0.5) is 5.82 Å². The highest BCUT2D eigenvalue weighted by molar-refractivity contribution is 6.11. The molecule has 7 heteroatoms. The highest BCUT2D eigenvalue weighted by Gasteiger charge is 2.25. The molecule has 2 N–H and O–H groups in total. The van der Waals surface area contributed by atoms with Crippen molar-refractivity contribution in [3.05, 3.63) is 30.6 Å². The molecule has 3 heterocycles. The molecular formula is C16H16N4O3. The Bertz CT molecular complexity index is 876. The lowest BCUT2D eigenvalue weighted by molar-refractivity contribution is -0.140. The van der Waals surface area contributed by atoms with E-state index in [-0.39, 0.29) is 12.5 Å². The van der Waals surface area contributed by atoms with Crippen LogP contribution in [0.1, 0.15) is 6.42 Å². The van der Waals surface area contributed by atoms with Gasteiger partial charge in [-0.05, 0) is 6.07 Å². The number of fused-ring (bicyclic) bond motifs is 3. The molecule has 0 aliphatic carbocycles. The van der Waals surface area contributed by atoms with Crippen LogP contribution in [-0.4, -0.2) is 51.8 Å². The fraction of sp³-hybridized carbons (Fsp3) is 0.312. The van der Waals surface area contributed by atoms with E-state index in [0.29, 0.717) is 19.7 Å². The van der Waals surface area contributed by atoms with Gasteiger partial charge in [0.05, 0.1) is 24.5 Å². The Morgan fingerprint density at radius 2 is 2.26 bits per heavy atom. The number of hydrogen-bond acceptors (Lipinski definition) is 5. The van der Waals surface area contributed by atoms with E-state index in [0.717, 1.165) is 27.8 Å². The number of hydrogen-bond donors (Lipinski definition) is 2. The van der Waals surface area contributed by atoms with Gasteiger partial charge in [0.25, 0.3) is 0 Å². The van der Waals surface area contributed by atoms with Gasteiger partial charge in [0, 0.05) is 24.0 Å². The second-order valence-corrected chi connectivity index (χ2v) is 5.63. The smallest absolute Gasteiger partial charge is 0.306 e. The van der Waals surface area contributed by atoms with Crippen molar-refractivity contribution in [1.29, 1.82) is 0 Å². The van der Waals surface area contributed by atoms with Gasteiger partial charge in [-0.25, -0.2) is 9.97 Å². The van der Waals surface area contributed by atoms with Crippen molar-refractivity contribution in [3.63, 3.8) is 0 Å². The van der Waals surface area contributed by atoms with Crippen molar-refractivity contribution in [3.8, 4) is 0 Å². The lowest BCUT2D eigenvalue weighted by atomic mass is 10.1. The summed E-state index contributed by atoms with van der Waals surface area (Å²) in [5.74, 6) is -0.0251. The fourth-order valence-electron chi connectivity index (χ4n) is 3.13. The summed E-state index contributed by atoms with van der Waals surface area (Å²) in [4.78, 5) is 25.1. The number of aliphatic carboxylic acids is 1. The van der Waals surface area contributed by atoms with Crippen molar-refractivity contribution < 1.29 is 14.6 Å². The SMILES string of the molecule is O=C(O)CC1CN(c2ncnc3[nH]c4ccccc4c23)CCO1. The fourth-order valence-corrected chi connectivity index (χ4v) is 3.13. The molecule has 0 bridgehead atoms. The summed E-state index contributed by atoms with van der Waals surface area (Å²) >= 11 is 0. The molecule has 1 fully saturated rings. The molecule has 1 unspecified atom stereocenters. The summed E-state index contributed by atoms with van der Waals surface area (Å²) in [5, 5.41) is 11.0. The number of nitrogens with one attached hydrogen (secondary N) is 1. The van der Waals surface area contributed by atoms with Gasteiger partial charge in [-0.1, -0.05) is 18.2 Å². The number of carboxylic acids is 1. The average Bonchev–Trinajstić information content (AvgIpc) is 2.93. The van der Waals surface area contributed by atoms with Gasteiger partial charge in [-0.3, -0.25) is 4.79 Å². The molecule has 0 amide bonds. The van der Waals surface area contributed by atoms with Crippen LogP contribution in [0.5, 0.6) is 0 Å². The molecule has 0 spiro atoms. The number of aromatic amines is 1. The molecule has 118 valence electrons. The summed E-state index contributed by atoms with van der Waals surface area (Å²) in [6.07, 6.45) is 1.21. The maximum atomic E-state index is 10.9. The zero-order valence-corrected chi connectivity index (χ0v) is 12.4. The Balaban J connectivity index is 1.77. The number of aromatic nitrogens is 3. The number of morpholine rings is 1. The van der Waals surface area contributed by atoms with Gasteiger partial charge in [-0.15, -0.1) is 0 Å². The zero-order chi connectivity index (χ0) is 15.8. The first kappa shape index (κ1) is 14.0. The summed E-state index contributed by atoms with van der Waals surface area (Å²) in [5.41, 5.74) is 1.80. The quantitative estimate of drug-likeness (QED) is 0.766. The molecule has 3 aromatic rings.